The van der Waals surface area contributed by atoms with Crippen LogP contribution in [0.25, 0.3) is 83.8 Å². The summed E-state index contributed by atoms with van der Waals surface area (Å²) in [6.45, 7) is 33.8. The molecule has 9 heterocycles. The van der Waals surface area contributed by atoms with Gasteiger partial charge in [0.25, 0.3) is 16.7 Å². The fourth-order valence-corrected chi connectivity index (χ4v) is 15.4. The van der Waals surface area contributed by atoms with Crippen LogP contribution in [0.2, 0.25) is 10.0 Å². The number of hydrogen-bond acceptors (Lipinski definition) is 11. The molecule has 0 N–H and O–H groups in total. The molecule has 0 unspecified atom stereocenters. The zero-order valence-electron chi connectivity index (χ0n) is 63.7. The average molecular weight is 1540 g/mol. The van der Waals surface area contributed by atoms with Crippen LogP contribution in [0.15, 0.2) is 222 Å². The van der Waals surface area contributed by atoms with Gasteiger partial charge >= 0.3 is 0 Å². The van der Waals surface area contributed by atoms with Crippen molar-refractivity contribution in [2.75, 3.05) is 62.2 Å². The van der Waals surface area contributed by atoms with Crippen LogP contribution in [0.4, 0.5) is 24.5 Å². The van der Waals surface area contributed by atoms with Crippen molar-refractivity contribution in [2.24, 2.45) is 5.41 Å². The average Bonchev–Trinajstić information content (AvgIpc) is 0.753. The lowest BCUT2D eigenvalue weighted by Crippen LogP contribution is -2.53. The van der Waals surface area contributed by atoms with Crippen LogP contribution in [0, 0.1) is 22.9 Å². The smallest absolute Gasteiger partial charge is 0.258 e. The van der Waals surface area contributed by atoms with E-state index in [-0.39, 0.29) is 91.4 Å². The Balaban J connectivity index is 0.000000155. The molecule has 0 radical (unpaired) electrons. The lowest BCUT2D eigenvalue weighted by Gasteiger charge is -2.41. The third-order valence-corrected chi connectivity index (χ3v) is 20.9. The molecule has 11 aromatic rings. The lowest BCUT2D eigenvalue weighted by atomic mass is 9.94. The van der Waals surface area contributed by atoms with E-state index in [0.717, 1.165) is 50.1 Å². The van der Waals surface area contributed by atoms with E-state index in [2.05, 4.69) is 57.2 Å². The van der Waals surface area contributed by atoms with Gasteiger partial charge in [0, 0.05) is 122 Å². The third-order valence-electron chi connectivity index (χ3n) is 20.3. The first-order chi connectivity index (χ1) is 53.1. The van der Waals surface area contributed by atoms with Gasteiger partial charge in [-0.25, -0.2) is 28.1 Å². The van der Waals surface area contributed by atoms with E-state index in [1.54, 1.807) is 119 Å². The second-order valence-corrected chi connectivity index (χ2v) is 30.6. The number of anilines is 2. The highest BCUT2D eigenvalue weighted by molar-refractivity contribution is 6.34. The van der Waals surface area contributed by atoms with Crippen LogP contribution in [0.1, 0.15) is 97.3 Å². The molecule has 3 aliphatic rings. The second-order valence-electron chi connectivity index (χ2n) is 29.8. The number of para-hydroxylation sites is 2. The maximum atomic E-state index is 14.9. The number of carbonyl (C=O) groups is 3. The Bertz CT molecular complexity index is 5730. The summed E-state index contributed by atoms with van der Waals surface area (Å²) in [5.74, 6) is -1.27. The van der Waals surface area contributed by atoms with Crippen molar-refractivity contribution < 1.29 is 27.6 Å². The fraction of sp³-hybridized carbons (Fsp3) is 0.270. The highest BCUT2D eigenvalue weighted by Gasteiger charge is 2.33. The summed E-state index contributed by atoms with van der Waals surface area (Å²) in [7, 11) is 0. The van der Waals surface area contributed by atoms with E-state index in [9.17, 15) is 41.9 Å². The predicted octanol–water partition coefficient (Wildman–Crippen LogP) is 17.4. The molecule has 0 spiro atoms. The van der Waals surface area contributed by atoms with Gasteiger partial charge in [0.1, 0.15) is 34.4 Å². The highest BCUT2D eigenvalue weighted by Crippen LogP contribution is 2.40. The van der Waals surface area contributed by atoms with Gasteiger partial charge < -0.3 is 24.5 Å². The van der Waals surface area contributed by atoms with Gasteiger partial charge in [-0.2, -0.15) is 0 Å². The molecule has 0 bridgehead atoms. The number of halogens is 5. The molecule has 17 nitrogen and oxygen atoms in total. The summed E-state index contributed by atoms with van der Waals surface area (Å²) in [5, 5.41) is 2.78. The largest absolute Gasteiger partial charge is 0.365 e. The molecule has 14 rings (SSSR count). The van der Waals surface area contributed by atoms with E-state index < -0.39 is 11.6 Å². The van der Waals surface area contributed by atoms with Crippen molar-refractivity contribution in [2.45, 2.75) is 99.2 Å². The minimum Gasteiger partial charge on any atom is -0.365 e. The van der Waals surface area contributed by atoms with Crippen LogP contribution < -0.4 is 26.5 Å². The number of nitrogens with zero attached hydrogens (tertiary/aromatic N) is 11. The van der Waals surface area contributed by atoms with Gasteiger partial charge in [-0.1, -0.05) is 170 Å². The van der Waals surface area contributed by atoms with Gasteiger partial charge in [-0.05, 0) is 151 Å². The number of aromatic nitrogens is 6. The topological polar surface area (TPSA) is 172 Å². The Morgan fingerprint density at radius 3 is 1.37 bits per heavy atom. The first kappa shape index (κ1) is 79.1. The predicted molar refractivity (Wildman–Crippen MR) is 441 cm³/mol. The number of rotatable bonds is 14. The van der Waals surface area contributed by atoms with Crippen LogP contribution >= 0.6 is 23.2 Å². The number of pyridine rings is 6. The Labute approximate surface area is 653 Å². The first-order valence-electron chi connectivity index (χ1n) is 37.1. The zero-order valence-corrected chi connectivity index (χ0v) is 65.2. The third kappa shape index (κ3) is 16.5. The van der Waals surface area contributed by atoms with Crippen LogP contribution in [-0.2, 0) is 20.9 Å². The number of amides is 3. The minimum absolute atomic E-state index is 0.0275. The van der Waals surface area contributed by atoms with E-state index in [1.807, 2.05) is 95.3 Å². The normalized spacial score (nSPS) is 15.3. The fourth-order valence-electron chi connectivity index (χ4n) is 14.9. The monoisotopic (exact) mass is 1530 g/mol. The molecule has 2 fully saturated rings. The molecule has 6 aromatic heterocycles. The van der Waals surface area contributed by atoms with Crippen molar-refractivity contribution in [3.05, 3.63) is 283 Å². The summed E-state index contributed by atoms with van der Waals surface area (Å²) in [6.07, 6.45) is 6.49. The molecule has 2 saturated heterocycles. The molecule has 111 heavy (non-hydrogen) atoms. The molecule has 2 atom stereocenters. The summed E-state index contributed by atoms with van der Waals surface area (Å²) in [4.78, 5) is 101. The van der Waals surface area contributed by atoms with Crippen molar-refractivity contribution in [1.82, 2.24) is 43.4 Å². The maximum absolute atomic E-state index is 14.9. The van der Waals surface area contributed by atoms with Crippen LogP contribution in [-0.4, -0.2) is 126 Å². The molecule has 5 aromatic carbocycles. The van der Waals surface area contributed by atoms with E-state index in [0.29, 0.717) is 115 Å². The highest BCUT2D eigenvalue weighted by atomic mass is 35.5. The van der Waals surface area contributed by atoms with Gasteiger partial charge in [-0.15, -0.1) is 0 Å². The Kier molecular flexibility index (Phi) is 23.8. The van der Waals surface area contributed by atoms with Gasteiger partial charge in [0.05, 0.1) is 49.9 Å². The number of benzene rings is 5. The Morgan fingerprint density at radius 2 is 0.919 bits per heavy atom. The van der Waals surface area contributed by atoms with Crippen molar-refractivity contribution in [1.29, 1.82) is 0 Å². The molecule has 0 aliphatic carbocycles. The molecule has 3 amide bonds. The zero-order chi connectivity index (χ0) is 79.4. The Hall–Kier alpha value is -11.5. The molecule has 3 aliphatic heterocycles. The second kappa shape index (κ2) is 33.4. The standard InChI is InChI=1S/C31H30ClFN4O2.C31H31FN4O2.C27H27ClFN3O2/c1-5-28(38)35-14-15-36(20(4)18-35)27-17-29(39)37(26-13-9-7-10-21(26)19(2)3)31-23(27)16-24(32)30(34-31)22-11-6-8-12-25(22)33;1-5-29(37)34-16-17-35(21(4)19-34)28-18-30(38)36(27-13-9-7-10-22(27)20(2)3)31-24(28)14-15-26(33-31)23-11-6-8-12-25(23)32;1-5-23(33)31-12-10-17(11-13-31)19-15-24(34)32(16-27(2,3)4)26-20(19)14-21(28)25(30-26)18-8-6-7-9-22(18)29/h5-13,16-17,19-20H,1,14-15,18H2,2-4H3;5-15,18,20-21H,1,16-17,19H2,2-4H3;5-10,14-15H,1,11-13,16H2,2-4H3/t20-;21-;/m00./s1. The van der Waals surface area contributed by atoms with Gasteiger partial charge in [-0.3, -0.25) is 42.5 Å². The molecule has 0 saturated carbocycles. The summed E-state index contributed by atoms with van der Waals surface area (Å²) in [5.41, 5.74) is 9.06. The van der Waals surface area contributed by atoms with E-state index in [4.69, 9.17) is 38.2 Å². The van der Waals surface area contributed by atoms with Crippen molar-refractivity contribution >= 4 is 91.0 Å². The van der Waals surface area contributed by atoms with Crippen LogP contribution in [0.5, 0.6) is 0 Å². The number of hydrogen-bond donors (Lipinski definition) is 0. The molecule has 22 heteroatoms. The summed E-state index contributed by atoms with van der Waals surface area (Å²) >= 11 is 13.4. The SMILES string of the molecule is C=CC(=O)N1CC=C(c2cc(=O)n(CC(C)(C)C)c3nc(-c4ccccc4F)c(Cl)cc23)CC1.C=CC(=O)N1CCN(c2cc(=O)n(-c3ccccc3C(C)C)c3nc(-c4ccccc4F)c(Cl)cc23)[C@@H](C)C1.C=CC(=O)N1CCN(c2cc(=O)n(-c3ccccc3C(C)C)c3nc(-c4ccccc4F)ccc23)[C@@H](C)C1. The van der Waals surface area contributed by atoms with Crippen LogP contribution in [0.3, 0.4) is 0 Å². The quantitative estimate of drug-likeness (QED) is 0.0949. The van der Waals surface area contributed by atoms with Crippen molar-refractivity contribution in [3.63, 3.8) is 0 Å². The number of piperazine rings is 2. The van der Waals surface area contributed by atoms with E-state index in [1.165, 1.54) is 36.4 Å². The van der Waals surface area contributed by atoms with Gasteiger partial charge in [0.2, 0.25) is 17.7 Å². The van der Waals surface area contributed by atoms with E-state index >= 15 is 0 Å². The lowest BCUT2D eigenvalue weighted by molar-refractivity contribution is -0.127. The van der Waals surface area contributed by atoms with Gasteiger partial charge in [0.15, 0.2) is 0 Å². The molecular weight excluding hydrogens is 1450 g/mol. The minimum atomic E-state index is -0.449. The number of fused-ring (bicyclic) bond motifs is 3. The maximum Gasteiger partial charge on any atom is 0.258 e. The molecule has 570 valence electrons. The number of carbonyl (C=O) groups excluding carboxylic acids is 3. The summed E-state index contributed by atoms with van der Waals surface area (Å²) < 4.78 is 49.1. The Morgan fingerprint density at radius 1 is 0.486 bits per heavy atom. The first-order valence-corrected chi connectivity index (χ1v) is 37.8. The summed E-state index contributed by atoms with van der Waals surface area (Å²) in [6, 6.07) is 46.7. The van der Waals surface area contributed by atoms with Crippen molar-refractivity contribution in [3.8, 4) is 45.1 Å². The molecular formula is C89H88Cl2F3N11O6.